The van der Waals surface area contributed by atoms with E-state index < -0.39 is 0 Å². The molecule has 1 amide bonds. The zero-order valence-electron chi connectivity index (χ0n) is 8.99. The number of hydrogen-bond donors (Lipinski definition) is 2. The Morgan fingerprint density at radius 2 is 2.07 bits per heavy atom. The highest BCUT2D eigenvalue weighted by Crippen LogP contribution is 2.18. The van der Waals surface area contributed by atoms with Gasteiger partial charge in [-0.15, -0.1) is 0 Å². The first-order chi connectivity index (χ1) is 6.59. The van der Waals surface area contributed by atoms with E-state index in [-0.39, 0.29) is 18.1 Å². The van der Waals surface area contributed by atoms with Gasteiger partial charge in [-0.05, 0) is 26.9 Å². The molecule has 1 aliphatic carbocycles. The fourth-order valence-electron chi connectivity index (χ4n) is 1.82. The fraction of sp³-hybridized carbons (Fsp3) is 0.900. The average Bonchev–Trinajstić information content (AvgIpc) is 2.07. The van der Waals surface area contributed by atoms with E-state index in [1.807, 2.05) is 19.0 Å². The zero-order chi connectivity index (χ0) is 10.6. The van der Waals surface area contributed by atoms with Crippen LogP contribution in [0.5, 0.6) is 0 Å². The molecule has 0 aromatic heterocycles. The molecule has 0 bridgehead atoms. The molecule has 0 saturated heterocycles. The zero-order valence-corrected chi connectivity index (χ0v) is 8.99. The topological polar surface area (TPSA) is 52.6 Å². The minimum Gasteiger partial charge on any atom is -0.391 e. The van der Waals surface area contributed by atoms with Gasteiger partial charge in [0.2, 0.25) is 5.91 Å². The summed E-state index contributed by atoms with van der Waals surface area (Å²) in [5.74, 6) is 0.000880. The predicted molar refractivity (Wildman–Crippen MR) is 55.0 cm³/mol. The lowest BCUT2D eigenvalue weighted by Gasteiger charge is -2.28. The van der Waals surface area contributed by atoms with E-state index in [1.54, 1.807) is 0 Å². The number of carbonyl (C=O) groups excluding carboxylic acids is 1. The third-order valence-corrected chi connectivity index (χ3v) is 2.54. The Kier molecular flexibility index (Phi) is 4.35. The second-order valence-electron chi connectivity index (χ2n) is 4.26. The van der Waals surface area contributed by atoms with Crippen molar-refractivity contribution in [2.45, 2.75) is 37.8 Å². The Labute approximate surface area is 85.3 Å². The number of hydrogen-bond acceptors (Lipinski definition) is 3. The SMILES string of the molecule is CN(C)CC(=O)N[C@H]1CCCC[C@@H]1O. The molecule has 0 aromatic carbocycles. The van der Waals surface area contributed by atoms with Gasteiger partial charge in [-0.2, -0.15) is 0 Å². The molecule has 1 aliphatic rings. The second kappa shape index (κ2) is 5.32. The van der Waals surface area contributed by atoms with Gasteiger partial charge in [0.1, 0.15) is 0 Å². The van der Waals surface area contributed by atoms with Gasteiger partial charge in [-0.1, -0.05) is 12.8 Å². The first-order valence-electron chi connectivity index (χ1n) is 5.22. The van der Waals surface area contributed by atoms with Crippen LogP contribution in [0.15, 0.2) is 0 Å². The van der Waals surface area contributed by atoms with E-state index in [0.717, 1.165) is 25.7 Å². The van der Waals surface area contributed by atoms with Crippen LogP contribution in [0.25, 0.3) is 0 Å². The standard InChI is InChI=1S/C10H20N2O2/c1-12(2)7-10(14)11-8-5-3-4-6-9(8)13/h8-9,13H,3-7H2,1-2H3,(H,11,14)/t8-,9-/m0/s1. The van der Waals surface area contributed by atoms with E-state index in [9.17, 15) is 9.90 Å². The summed E-state index contributed by atoms with van der Waals surface area (Å²) in [6, 6.07) is -0.0313. The van der Waals surface area contributed by atoms with Gasteiger partial charge in [-0.25, -0.2) is 0 Å². The van der Waals surface area contributed by atoms with E-state index in [2.05, 4.69) is 5.32 Å². The highest BCUT2D eigenvalue weighted by molar-refractivity contribution is 5.78. The van der Waals surface area contributed by atoms with Crippen LogP contribution in [0.1, 0.15) is 25.7 Å². The number of nitrogens with one attached hydrogen (secondary N) is 1. The highest BCUT2D eigenvalue weighted by Gasteiger charge is 2.24. The second-order valence-corrected chi connectivity index (χ2v) is 4.26. The molecule has 1 fully saturated rings. The maximum atomic E-state index is 11.4. The van der Waals surface area contributed by atoms with Crippen molar-refractivity contribution < 1.29 is 9.90 Å². The Morgan fingerprint density at radius 1 is 1.43 bits per heavy atom. The first-order valence-corrected chi connectivity index (χ1v) is 5.22. The Morgan fingerprint density at radius 3 is 2.64 bits per heavy atom. The average molecular weight is 200 g/mol. The van der Waals surface area contributed by atoms with Crippen LogP contribution in [0.4, 0.5) is 0 Å². The summed E-state index contributed by atoms with van der Waals surface area (Å²) < 4.78 is 0. The number of nitrogens with zero attached hydrogens (tertiary/aromatic N) is 1. The summed E-state index contributed by atoms with van der Waals surface area (Å²) >= 11 is 0. The summed E-state index contributed by atoms with van der Waals surface area (Å²) in [6.07, 6.45) is 3.54. The van der Waals surface area contributed by atoms with Crippen LogP contribution in [0.2, 0.25) is 0 Å². The van der Waals surface area contributed by atoms with E-state index in [0.29, 0.717) is 6.54 Å². The van der Waals surface area contributed by atoms with Gasteiger partial charge in [0.15, 0.2) is 0 Å². The molecular formula is C10H20N2O2. The van der Waals surface area contributed by atoms with Crippen LogP contribution in [0.3, 0.4) is 0 Å². The molecule has 0 heterocycles. The van der Waals surface area contributed by atoms with Crippen molar-refractivity contribution in [1.29, 1.82) is 0 Å². The molecule has 2 atom stereocenters. The smallest absolute Gasteiger partial charge is 0.234 e. The predicted octanol–water partition coefficient (Wildman–Crippen LogP) is -0.0323. The normalized spacial score (nSPS) is 27.7. The molecule has 14 heavy (non-hydrogen) atoms. The Hall–Kier alpha value is -0.610. The van der Waals surface area contributed by atoms with Gasteiger partial charge < -0.3 is 15.3 Å². The fourth-order valence-corrected chi connectivity index (χ4v) is 1.82. The maximum absolute atomic E-state index is 11.4. The third kappa shape index (κ3) is 3.64. The first kappa shape index (κ1) is 11.5. The monoisotopic (exact) mass is 200 g/mol. The van der Waals surface area contributed by atoms with Crippen LogP contribution in [0, 0.1) is 0 Å². The minimum atomic E-state index is -0.352. The van der Waals surface area contributed by atoms with Crippen molar-refractivity contribution in [3.8, 4) is 0 Å². The van der Waals surface area contributed by atoms with E-state index in [1.165, 1.54) is 0 Å². The third-order valence-electron chi connectivity index (χ3n) is 2.54. The minimum absolute atomic E-state index is 0.000880. The summed E-state index contributed by atoms with van der Waals surface area (Å²) in [7, 11) is 3.72. The summed E-state index contributed by atoms with van der Waals surface area (Å²) in [5.41, 5.74) is 0. The van der Waals surface area contributed by atoms with E-state index in [4.69, 9.17) is 0 Å². The van der Waals surface area contributed by atoms with Gasteiger partial charge in [0.25, 0.3) is 0 Å². The molecule has 82 valence electrons. The molecular weight excluding hydrogens is 180 g/mol. The molecule has 0 aliphatic heterocycles. The summed E-state index contributed by atoms with van der Waals surface area (Å²) in [6.45, 7) is 0.392. The molecule has 1 rings (SSSR count). The largest absolute Gasteiger partial charge is 0.391 e. The molecule has 0 aromatic rings. The van der Waals surface area contributed by atoms with Crippen molar-refractivity contribution in [2.24, 2.45) is 0 Å². The van der Waals surface area contributed by atoms with Crippen LogP contribution >= 0.6 is 0 Å². The lowest BCUT2D eigenvalue weighted by Crippen LogP contribution is -2.47. The number of aliphatic hydroxyl groups excluding tert-OH is 1. The molecule has 0 radical (unpaired) electrons. The maximum Gasteiger partial charge on any atom is 0.234 e. The van der Waals surface area contributed by atoms with Crippen molar-refractivity contribution >= 4 is 5.91 Å². The van der Waals surface area contributed by atoms with Crippen molar-refractivity contribution in [3.05, 3.63) is 0 Å². The van der Waals surface area contributed by atoms with Crippen LogP contribution < -0.4 is 5.32 Å². The van der Waals surface area contributed by atoms with Gasteiger partial charge in [-0.3, -0.25) is 4.79 Å². The van der Waals surface area contributed by atoms with Gasteiger partial charge in [0.05, 0.1) is 18.7 Å². The van der Waals surface area contributed by atoms with E-state index >= 15 is 0 Å². The highest BCUT2D eigenvalue weighted by atomic mass is 16.3. The molecule has 4 nitrogen and oxygen atoms in total. The summed E-state index contributed by atoms with van der Waals surface area (Å²) in [4.78, 5) is 13.2. The lowest BCUT2D eigenvalue weighted by atomic mass is 9.92. The molecule has 2 N–H and O–H groups in total. The Bertz CT molecular complexity index is 195. The number of rotatable bonds is 3. The number of carbonyl (C=O) groups is 1. The molecule has 0 spiro atoms. The van der Waals surface area contributed by atoms with Crippen molar-refractivity contribution in [3.63, 3.8) is 0 Å². The Balaban J connectivity index is 2.31. The van der Waals surface area contributed by atoms with Crippen molar-refractivity contribution in [1.82, 2.24) is 10.2 Å². The van der Waals surface area contributed by atoms with Gasteiger partial charge >= 0.3 is 0 Å². The van der Waals surface area contributed by atoms with Crippen LogP contribution in [-0.4, -0.2) is 48.7 Å². The molecule has 4 heteroatoms. The lowest BCUT2D eigenvalue weighted by molar-refractivity contribution is -0.123. The van der Waals surface area contributed by atoms with Crippen molar-refractivity contribution in [2.75, 3.05) is 20.6 Å². The summed E-state index contributed by atoms with van der Waals surface area (Å²) in [5, 5.41) is 12.5. The number of amides is 1. The number of likely N-dealkylation sites (N-methyl/N-ethyl adjacent to an activating group) is 1. The number of aliphatic hydroxyl groups is 1. The quantitative estimate of drug-likeness (QED) is 0.672. The van der Waals surface area contributed by atoms with Gasteiger partial charge in [0, 0.05) is 0 Å². The van der Waals surface area contributed by atoms with Crippen LogP contribution in [-0.2, 0) is 4.79 Å². The molecule has 1 saturated carbocycles. The molecule has 0 unspecified atom stereocenters.